The lowest BCUT2D eigenvalue weighted by Crippen LogP contribution is -2.02. The molecular formula is C14H16O2. The Morgan fingerprint density at radius 1 is 1.44 bits per heavy atom. The van der Waals surface area contributed by atoms with Gasteiger partial charge in [0.15, 0.2) is 5.78 Å². The molecule has 0 heterocycles. The van der Waals surface area contributed by atoms with Crippen LogP contribution in [0.1, 0.15) is 25.3 Å². The van der Waals surface area contributed by atoms with Gasteiger partial charge in [-0.05, 0) is 42.2 Å². The summed E-state index contributed by atoms with van der Waals surface area (Å²) in [5.74, 6) is 1.31. The highest BCUT2D eigenvalue weighted by atomic mass is 16.5. The SMILES string of the molecule is COc1cccc(/C=C2\CCC(C)C2=O)c1. The van der Waals surface area contributed by atoms with Crippen LogP contribution in [0.4, 0.5) is 0 Å². The Morgan fingerprint density at radius 3 is 2.88 bits per heavy atom. The van der Waals surface area contributed by atoms with E-state index in [-0.39, 0.29) is 5.92 Å². The van der Waals surface area contributed by atoms with Gasteiger partial charge in [0, 0.05) is 5.92 Å². The third-order valence-electron chi connectivity index (χ3n) is 3.05. The van der Waals surface area contributed by atoms with Gasteiger partial charge in [-0.1, -0.05) is 19.1 Å². The molecule has 1 aliphatic carbocycles. The second-order valence-electron chi connectivity index (χ2n) is 4.25. The molecule has 0 amide bonds. The highest BCUT2D eigenvalue weighted by Crippen LogP contribution is 2.28. The van der Waals surface area contributed by atoms with Crippen molar-refractivity contribution in [3.63, 3.8) is 0 Å². The van der Waals surface area contributed by atoms with Crippen molar-refractivity contribution in [2.45, 2.75) is 19.8 Å². The van der Waals surface area contributed by atoms with Gasteiger partial charge in [-0.25, -0.2) is 0 Å². The van der Waals surface area contributed by atoms with Crippen molar-refractivity contribution < 1.29 is 9.53 Å². The zero-order valence-corrected chi connectivity index (χ0v) is 9.69. The van der Waals surface area contributed by atoms with E-state index in [0.717, 1.165) is 29.7 Å². The smallest absolute Gasteiger partial charge is 0.161 e. The quantitative estimate of drug-likeness (QED) is 0.710. The van der Waals surface area contributed by atoms with Gasteiger partial charge >= 0.3 is 0 Å². The second kappa shape index (κ2) is 4.52. The molecular weight excluding hydrogens is 200 g/mol. The predicted molar refractivity (Wildman–Crippen MR) is 64.4 cm³/mol. The van der Waals surface area contributed by atoms with E-state index in [1.165, 1.54) is 0 Å². The van der Waals surface area contributed by atoms with E-state index in [0.29, 0.717) is 5.78 Å². The van der Waals surface area contributed by atoms with Crippen LogP contribution < -0.4 is 4.74 Å². The van der Waals surface area contributed by atoms with Crippen molar-refractivity contribution in [1.29, 1.82) is 0 Å². The van der Waals surface area contributed by atoms with E-state index in [4.69, 9.17) is 4.74 Å². The van der Waals surface area contributed by atoms with Crippen molar-refractivity contribution in [3.05, 3.63) is 35.4 Å². The Hall–Kier alpha value is -1.57. The van der Waals surface area contributed by atoms with Crippen LogP contribution in [-0.2, 0) is 4.79 Å². The van der Waals surface area contributed by atoms with Crippen LogP contribution in [0.5, 0.6) is 5.75 Å². The van der Waals surface area contributed by atoms with E-state index in [1.807, 2.05) is 37.3 Å². The summed E-state index contributed by atoms with van der Waals surface area (Å²) in [6.45, 7) is 1.99. The molecule has 2 rings (SSSR count). The fourth-order valence-corrected chi connectivity index (χ4v) is 2.02. The molecule has 0 radical (unpaired) electrons. The number of Topliss-reactive ketones (excluding diaryl/α,β-unsaturated/α-hetero) is 1. The minimum atomic E-state index is 0.192. The maximum absolute atomic E-state index is 11.8. The molecule has 0 bridgehead atoms. The number of carbonyl (C=O) groups excluding carboxylic acids is 1. The number of ether oxygens (including phenoxy) is 1. The number of benzene rings is 1. The average molecular weight is 216 g/mol. The summed E-state index contributed by atoms with van der Waals surface area (Å²) in [6.07, 6.45) is 3.86. The molecule has 0 saturated heterocycles. The van der Waals surface area contributed by atoms with E-state index in [2.05, 4.69) is 0 Å². The van der Waals surface area contributed by atoms with E-state index >= 15 is 0 Å². The Morgan fingerprint density at radius 2 is 2.25 bits per heavy atom. The first-order valence-corrected chi connectivity index (χ1v) is 5.59. The summed E-state index contributed by atoms with van der Waals surface area (Å²) in [5.41, 5.74) is 1.98. The zero-order chi connectivity index (χ0) is 11.5. The highest BCUT2D eigenvalue weighted by molar-refractivity contribution is 6.02. The Labute approximate surface area is 95.9 Å². The number of methoxy groups -OCH3 is 1. The van der Waals surface area contributed by atoms with Gasteiger partial charge < -0.3 is 4.74 Å². The maximum atomic E-state index is 11.8. The van der Waals surface area contributed by atoms with Crippen LogP contribution in [0.3, 0.4) is 0 Å². The lowest BCUT2D eigenvalue weighted by atomic mass is 10.1. The summed E-state index contributed by atoms with van der Waals surface area (Å²) >= 11 is 0. The Balaban J connectivity index is 2.25. The molecule has 1 saturated carbocycles. The van der Waals surface area contributed by atoms with Gasteiger partial charge in [-0.15, -0.1) is 0 Å². The largest absolute Gasteiger partial charge is 0.497 e. The first-order chi connectivity index (χ1) is 7.70. The number of ketones is 1. The highest BCUT2D eigenvalue weighted by Gasteiger charge is 2.24. The molecule has 0 N–H and O–H groups in total. The standard InChI is InChI=1S/C14H16O2/c1-10-6-7-12(14(10)15)8-11-4-3-5-13(9-11)16-2/h3-5,8-10H,6-7H2,1-2H3/b12-8+. The first-order valence-electron chi connectivity index (χ1n) is 5.59. The van der Waals surface area contributed by atoms with Crippen LogP contribution in [0.2, 0.25) is 0 Å². The van der Waals surface area contributed by atoms with Crippen LogP contribution in [-0.4, -0.2) is 12.9 Å². The monoisotopic (exact) mass is 216 g/mol. The Bertz CT molecular complexity index is 432. The van der Waals surface area contributed by atoms with Gasteiger partial charge in [0.25, 0.3) is 0 Å². The molecule has 1 unspecified atom stereocenters. The molecule has 2 nitrogen and oxygen atoms in total. The van der Waals surface area contributed by atoms with Crippen LogP contribution in [0, 0.1) is 5.92 Å². The van der Waals surface area contributed by atoms with Gasteiger partial charge in [0.1, 0.15) is 5.75 Å². The molecule has 84 valence electrons. The summed E-state index contributed by atoms with van der Waals surface area (Å²) in [5, 5.41) is 0. The zero-order valence-electron chi connectivity index (χ0n) is 9.69. The van der Waals surface area contributed by atoms with Crippen molar-refractivity contribution in [2.75, 3.05) is 7.11 Å². The number of rotatable bonds is 2. The summed E-state index contributed by atoms with van der Waals surface area (Å²) in [6, 6.07) is 7.78. The van der Waals surface area contributed by atoms with Crippen molar-refractivity contribution >= 4 is 11.9 Å². The van der Waals surface area contributed by atoms with Gasteiger partial charge in [-0.3, -0.25) is 4.79 Å². The number of allylic oxidation sites excluding steroid dienone is 1. The normalized spacial score (nSPS) is 22.8. The molecule has 16 heavy (non-hydrogen) atoms. The molecule has 1 atom stereocenters. The molecule has 1 fully saturated rings. The minimum Gasteiger partial charge on any atom is -0.497 e. The molecule has 0 aromatic heterocycles. The molecule has 1 aromatic carbocycles. The van der Waals surface area contributed by atoms with Gasteiger partial charge in [0.2, 0.25) is 0 Å². The Kier molecular flexibility index (Phi) is 3.09. The van der Waals surface area contributed by atoms with Crippen molar-refractivity contribution in [2.24, 2.45) is 5.92 Å². The number of hydrogen-bond donors (Lipinski definition) is 0. The van der Waals surface area contributed by atoms with E-state index in [9.17, 15) is 4.79 Å². The lowest BCUT2D eigenvalue weighted by molar-refractivity contribution is -0.117. The minimum absolute atomic E-state index is 0.192. The first kappa shape index (κ1) is 10.9. The summed E-state index contributed by atoms with van der Waals surface area (Å²) < 4.78 is 5.15. The van der Waals surface area contributed by atoms with E-state index in [1.54, 1.807) is 7.11 Å². The lowest BCUT2D eigenvalue weighted by Gasteiger charge is -2.01. The van der Waals surface area contributed by atoms with Crippen LogP contribution in [0.15, 0.2) is 29.8 Å². The number of carbonyl (C=O) groups is 1. The fraction of sp³-hybridized carbons (Fsp3) is 0.357. The predicted octanol–water partition coefficient (Wildman–Crippen LogP) is 3.08. The molecule has 0 spiro atoms. The van der Waals surface area contributed by atoms with Gasteiger partial charge in [0.05, 0.1) is 7.11 Å². The maximum Gasteiger partial charge on any atom is 0.161 e. The molecule has 2 heteroatoms. The fourth-order valence-electron chi connectivity index (χ4n) is 2.02. The van der Waals surface area contributed by atoms with Crippen LogP contribution >= 0.6 is 0 Å². The third-order valence-corrected chi connectivity index (χ3v) is 3.05. The van der Waals surface area contributed by atoms with Crippen molar-refractivity contribution in [1.82, 2.24) is 0 Å². The topological polar surface area (TPSA) is 26.3 Å². The summed E-state index contributed by atoms with van der Waals surface area (Å²) in [4.78, 5) is 11.8. The molecule has 0 aliphatic heterocycles. The number of hydrogen-bond acceptors (Lipinski definition) is 2. The van der Waals surface area contributed by atoms with Crippen LogP contribution in [0.25, 0.3) is 6.08 Å². The summed E-state index contributed by atoms with van der Waals surface area (Å²) in [7, 11) is 1.65. The molecule has 1 aromatic rings. The average Bonchev–Trinajstić information content (AvgIpc) is 2.61. The molecule has 1 aliphatic rings. The van der Waals surface area contributed by atoms with Gasteiger partial charge in [-0.2, -0.15) is 0 Å². The third kappa shape index (κ3) is 2.16. The second-order valence-corrected chi connectivity index (χ2v) is 4.25. The van der Waals surface area contributed by atoms with Crippen molar-refractivity contribution in [3.8, 4) is 5.75 Å². The van der Waals surface area contributed by atoms with E-state index < -0.39 is 0 Å².